The van der Waals surface area contributed by atoms with Crippen molar-refractivity contribution in [2.45, 2.75) is 38.7 Å². The Balaban J connectivity index is 1.42. The Bertz CT molecular complexity index is 1510. The highest BCUT2D eigenvalue weighted by Gasteiger charge is 2.26. The molecule has 4 aromatic rings. The molecule has 8 nitrogen and oxygen atoms in total. The topological polar surface area (TPSA) is 85.7 Å². The molecule has 1 saturated heterocycles. The highest BCUT2D eigenvalue weighted by atomic mass is 35.5. The number of halogens is 1. The van der Waals surface area contributed by atoms with Crippen LogP contribution in [-0.4, -0.2) is 59.2 Å². The van der Waals surface area contributed by atoms with Gasteiger partial charge in [0, 0.05) is 41.2 Å². The van der Waals surface area contributed by atoms with E-state index in [0.717, 1.165) is 29.8 Å². The number of amides is 2. The lowest BCUT2D eigenvalue weighted by molar-refractivity contribution is -0.117. The van der Waals surface area contributed by atoms with Gasteiger partial charge in [0.25, 0.3) is 5.91 Å². The second-order valence-electron chi connectivity index (χ2n) is 10.7. The minimum absolute atomic E-state index is 0.114. The number of aromatic nitrogens is 2. The molecule has 0 saturated carbocycles. The fraction of sp³-hybridized carbons (Fsp3) is 0.303. The molecule has 3 aromatic carbocycles. The first-order valence-corrected chi connectivity index (χ1v) is 14.5. The highest BCUT2D eigenvalue weighted by Crippen LogP contribution is 2.27. The molecule has 1 aliphatic heterocycles. The van der Waals surface area contributed by atoms with E-state index in [9.17, 15) is 9.59 Å². The van der Waals surface area contributed by atoms with Crippen LogP contribution in [-0.2, 0) is 9.53 Å². The van der Waals surface area contributed by atoms with Crippen molar-refractivity contribution in [1.29, 1.82) is 0 Å². The molecule has 1 aliphatic rings. The van der Waals surface area contributed by atoms with E-state index in [4.69, 9.17) is 26.1 Å². The summed E-state index contributed by atoms with van der Waals surface area (Å²) in [5.74, 6) is 0.877. The van der Waals surface area contributed by atoms with Crippen LogP contribution in [0.3, 0.4) is 0 Å². The molecular weight excluding hydrogens is 552 g/mol. The Kier molecular flexibility index (Phi) is 9.25. The molecule has 1 N–H and O–H groups in total. The molecule has 0 radical (unpaired) electrons. The quantitative estimate of drug-likeness (QED) is 0.227. The van der Waals surface area contributed by atoms with E-state index in [0.29, 0.717) is 41.3 Å². The van der Waals surface area contributed by atoms with E-state index in [1.807, 2.05) is 47.2 Å². The van der Waals surface area contributed by atoms with E-state index in [2.05, 4.69) is 31.3 Å². The van der Waals surface area contributed by atoms with Crippen LogP contribution >= 0.6 is 11.6 Å². The van der Waals surface area contributed by atoms with Crippen LogP contribution in [0, 0.1) is 0 Å². The van der Waals surface area contributed by atoms with Gasteiger partial charge >= 0.3 is 0 Å². The number of carbonyl (C=O) groups excluding carboxylic acids is 2. The molecule has 2 amide bonds. The summed E-state index contributed by atoms with van der Waals surface area (Å²) in [6.45, 7) is 5.11. The molecule has 42 heavy (non-hydrogen) atoms. The van der Waals surface area contributed by atoms with Gasteiger partial charge in [0.2, 0.25) is 11.9 Å². The standard InChI is InChI=1S/C33H35ClN4O4/c1-22(2)23-8-14-27(15-9-23)38-20-30(24-10-16-28(41-3)17-11-24)35-33(38)36-31(39)21-37(19-29-5-4-18-42-29)32(40)25-6-12-26(34)13-7-25/h6-17,20,22,29H,4-5,18-19,21H2,1-3H3,(H,35,36,39)/t29-/m1/s1. The van der Waals surface area contributed by atoms with Crippen molar-refractivity contribution in [3.8, 4) is 22.7 Å². The Labute approximate surface area is 251 Å². The molecular formula is C33H35ClN4O4. The second kappa shape index (κ2) is 13.2. The van der Waals surface area contributed by atoms with Gasteiger partial charge in [0.05, 0.1) is 18.9 Å². The number of anilines is 1. The molecule has 1 aromatic heterocycles. The molecule has 9 heteroatoms. The van der Waals surface area contributed by atoms with Crippen molar-refractivity contribution in [3.05, 3.63) is 95.1 Å². The lowest BCUT2D eigenvalue weighted by Gasteiger charge is -2.25. The lowest BCUT2D eigenvalue weighted by Crippen LogP contribution is -2.42. The normalized spacial score (nSPS) is 14.6. The molecule has 0 aliphatic carbocycles. The smallest absolute Gasteiger partial charge is 0.254 e. The van der Waals surface area contributed by atoms with Crippen LogP contribution in [0.1, 0.15) is 48.5 Å². The third kappa shape index (κ3) is 7.01. The zero-order chi connectivity index (χ0) is 29.6. The summed E-state index contributed by atoms with van der Waals surface area (Å²) in [6.07, 6.45) is 3.55. The lowest BCUT2D eigenvalue weighted by atomic mass is 10.0. The van der Waals surface area contributed by atoms with Crippen LogP contribution in [0.15, 0.2) is 79.0 Å². The monoisotopic (exact) mass is 586 g/mol. The SMILES string of the molecule is COc1ccc(-c2cn(-c3ccc(C(C)C)cc3)c(NC(=O)CN(C[C@H]3CCCO3)C(=O)c3ccc(Cl)cc3)n2)cc1. The summed E-state index contributed by atoms with van der Waals surface area (Å²) in [7, 11) is 1.62. The number of ether oxygens (including phenoxy) is 2. The number of carbonyl (C=O) groups is 2. The molecule has 2 heterocycles. The highest BCUT2D eigenvalue weighted by molar-refractivity contribution is 6.30. The van der Waals surface area contributed by atoms with Gasteiger partial charge in [-0.15, -0.1) is 0 Å². The number of benzene rings is 3. The van der Waals surface area contributed by atoms with Gasteiger partial charge < -0.3 is 14.4 Å². The fourth-order valence-corrected chi connectivity index (χ4v) is 5.08. The number of rotatable bonds is 10. The summed E-state index contributed by atoms with van der Waals surface area (Å²) < 4.78 is 12.9. The Morgan fingerprint density at radius 2 is 1.79 bits per heavy atom. The first-order valence-electron chi connectivity index (χ1n) is 14.1. The summed E-state index contributed by atoms with van der Waals surface area (Å²) in [4.78, 5) is 33.3. The van der Waals surface area contributed by atoms with Crippen LogP contribution in [0.2, 0.25) is 5.02 Å². The van der Waals surface area contributed by atoms with Gasteiger partial charge in [-0.1, -0.05) is 37.6 Å². The van der Waals surface area contributed by atoms with Crippen LogP contribution in [0.25, 0.3) is 16.9 Å². The fourth-order valence-electron chi connectivity index (χ4n) is 4.95. The predicted molar refractivity (Wildman–Crippen MR) is 165 cm³/mol. The number of nitrogens with zero attached hydrogens (tertiary/aromatic N) is 3. The van der Waals surface area contributed by atoms with Gasteiger partial charge in [-0.25, -0.2) is 4.98 Å². The van der Waals surface area contributed by atoms with E-state index < -0.39 is 0 Å². The third-order valence-electron chi connectivity index (χ3n) is 7.34. The number of imidazole rings is 1. The van der Waals surface area contributed by atoms with E-state index >= 15 is 0 Å². The first-order chi connectivity index (χ1) is 20.3. The number of methoxy groups -OCH3 is 1. The van der Waals surface area contributed by atoms with Crippen LogP contribution in [0.5, 0.6) is 5.75 Å². The Hall–Kier alpha value is -4.14. The van der Waals surface area contributed by atoms with Crippen molar-refractivity contribution in [2.75, 3.05) is 32.1 Å². The van der Waals surface area contributed by atoms with Crippen molar-refractivity contribution < 1.29 is 19.1 Å². The van der Waals surface area contributed by atoms with Gasteiger partial charge in [0.15, 0.2) is 0 Å². The molecule has 218 valence electrons. The second-order valence-corrected chi connectivity index (χ2v) is 11.1. The van der Waals surface area contributed by atoms with E-state index in [1.54, 1.807) is 31.4 Å². The summed E-state index contributed by atoms with van der Waals surface area (Å²) >= 11 is 6.03. The third-order valence-corrected chi connectivity index (χ3v) is 7.59. The number of nitrogens with one attached hydrogen (secondary N) is 1. The van der Waals surface area contributed by atoms with Gasteiger partial charge in [-0.2, -0.15) is 0 Å². The number of hydrogen-bond acceptors (Lipinski definition) is 5. The minimum atomic E-state index is -0.359. The van der Waals surface area contributed by atoms with Gasteiger partial charge in [0.1, 0.15) is 12.3 Å². The summed E-state index contributed by atoms with van der Waals surface area (Å²) in [5.41, 5.74) is 4.09. The molecule has 1 fully saturated rings. The minimum Gasteiger partial charge on any atom is -0.497 e. The first kappa shape index (κ1) is 29.4. The van der Waals surface area contributed by atoms with Crippen LogP contribution in [0.4, 0.5) is 5.95 Å². The molecule has 0 unspecified atom stereocenters. The molecule has 1 atom stereocenters. The van der Waals surface area contributed by atoms with Crippen molar-refractivity contribution in [2.24, 2.45) is 0 Å². The van der Waals surface area contributed by atoms with E-state index in [-0.39, 0.29) is 24.5 Å². The maximum atomic E-state index is 13.5. The predicted octanol–water partition coefficient (Wildman–Crippen LogP) is 6.58. The van der Waals surface area contributed by atoms with E-state index in [1.165, 1.54) is 10.5 Å². The van der Waals surface area contributed by atoms with Crippen molar-refractivity contribution >= 4 is 29.4 Å². The zero-order valence-electron chi connectivity index (χ0n) is 24.0. The maximum absolute atomic E-state index is 13.5. The maximum Gasteiger partial charge on any atom is 0.254 e. The van der Waals surface area contributed by atoms with Crippen LogP contribution < -0.4 is 10.1 Å². The molecule has 0 bridgehead atoms. The summed E-state index contributed by atoms with van der Waals surface area (Å²) in [5, 5.41) is 3.50. The largest absolute Gasteiger partial charge is 0.497 e. The van der Waals surface area contributed by atoms with Crippen molar-refractivity contribution in [3.63, 3.8) is 0 Å². The number of hydrogen-bond donors (Lipinski definition) is 1. The Morgan fingerprint density at radius 1 is 1.07 bits per heavy atom. The van der Waals surface area contributed by atoms with Crippen molar-refractivity contribution in [1.82, 2.24) is 14.5 Å². The Morgan fingerprint density at radius 3 is 2.40 bits per heavy atom. The molecule has 5 rings (SSSR count). The van der Waals surface area contributed by atoms with Gasteiger partial charge in [-0.3, -0.25) is 19.5 Å². The van der Waals surface area contributed by atoms with Gasteiger partial charge in [-0.05, 0) is 85.0 Å². The zero-order valence-corrected chi connectivity index (χ0v) is 24.8. The average molecular weight is 587 g/mol. The summed E-state index contributed by atoms with van der Waals surface area (Å²) in [6, 6.07) is 22.4. The molecule has 0 spiro atoms. The average Bonchev–Trinajstić information content (AvgIpc) is 3.67.